The molecule has 6 aromatic heterocycles. The zero-order chi connectivity index (χ0) is 101. The quantitative estimate of drug-likeness (QED) is 0.00818. The van der Waals surface area contributed by atoms with Crippen molar-refractivity contribution in [1.82, 2.24) is 58.6 Å². The summed E-state index contributed by atoms with van der Waals surface area (Å²) in [6, 6.07) is 55.0. The summed E-state index contributed by atoms with van der Waals surface area (Å²) >= 11 is 20.3. The van der Waals surface area contributed by atoms with E-state index >= 15 is 0 Å². The Morgan fingerprint density at radius 2 is 0.752 bits per heavy atom. The first-order valence-electron chi connectivity index (χ1n) is 46.8. The van der Waals surface area contributed by atoms with Gasteiger partial charge in [-0.3, -0.25) is 23.3 Å². The van der Waals surface area contributed by atoms with Crippen LogP contribution in [0, 0.1) is 0 Å². The van der Waals surface area contributed by atoms with E-state index in [0.29, 0.717) is 53.3 Å². The molecule has 0 amide bonds. The summed E-state index contributed by atoms with van der Waals surface area (Å²) in [5.41, 5.74) is 22.6. The zero-order valence-electron chi connectivity index (χ0n) is 80.7. The molecule has 16 atom stereocenters. The Kier molecular flexibility index (Phi) is 36.8. The number of nitrogens with zero attached hydrogens (tertiary/aromatic N) is 12. The molecule has 3 saturated heterocycles. The molecule has 5 aliphatic rings. The van der Waals surface area contributed by atoms with Gasteiger partial charge in [0, 0.05) is 0 Å². The monoisotopic (exact) mass is 2040 g/mol. The van der Waals surface area contributed by atoms with Gasteiger partial charge in [-0.15, -0.1) is 43.9 Å². The van der Waals surface area contributed by atoms with E-state index < -0.39 is 116 Å². The molecule has 42 heteroatoms. The van der Waals surface area contributed by atoms with E-state index in [1.807, 2.05) is 142 Å². The molecule has 9 heterocycles. The molecule has 2 saturated carbocycles. The highest BCUT2D eigenvalue weighted by molar-refractivity contribution is 7.38. The number of carbonyl (C=O) groups excluding carboxylic acids is 2. The van der Waals surface area contributed by atoms with Crippen molar-refractivity contribution in [2.75, 3.05) is 83.6 Å². The minimum Gasteiger partial charge on any atom is -0.497 e. The standard InChI is InChI=1S/C34H36ClN5O6P.C33H34ClN5O5.C14H20ClN5O5P.2C9H17NO2/c1-5-44-30-27-29(40(21-36-27)31-33(2,35)28(41)26(46-31)20-45-47(4)42)37-32(38-30)39-34(22-12-8-6-9-13-22,23-14-10-7-11-15-23)24-16-18-25(43-3)19-17-24;1-4-43-29-26-28(39(20-35-26)30-32(2,34)27(41)25(19-40)44-30)36-31(37-29)38-33(21-11-7-5-8-12-21,22-13-9-6-10-14-22)23-15-17-24(42-3)18-16-23;1-4-23-11-8-10(18-13(16)19-11)20(6-17-8)12-14(2,15)9(21)7(25-12)5-24-26(3)22;2*1-7(10)9(11)12-8-5-3-2-4-6-8/h6-19,21,26,28,31,41H,5,20H2,1-4H3,(H,37,38,39);5-18,20,25,27,30,40-41H,4,19H2,1-3H3,(H,36,37,38);6-7,9,12,21H,4-5H2,1-3H3,(H2,16,18,19);2*7-8H,2-6,10H2,1H3/q+1;;+1;;/t26-,28-,31-,33-;25-,27-,30-,32-;7-,9-,12-,14-;2*7-/m11100/s1. The molecule has 17 rings (SSSR count). The predicted molar refractivity (Wildman–Crippen MR) is 534 cm³/mol. The second-order valence-corrected chi connectivity index (χ2v) is 39.7. The largest absolute Gasteiger partial charge is 0.504 e. The number of carbonyl (C=O) groups is 2. The number of benzene rings is 6. The zero-order valence-corrected chi connectivity index (χ0v) is 84.7. The molecule has 12 aromatic rings. The molecule has 37 nitrogen and oxygen atoms in total. The van der Waals surface area contributed by atoms with Gasteiger partial charge < -0.3 is 95.6 Å². The number of methoxy groups -OCH3 is 2. The lowest BCUT2D eigenvalue weighted by Crippen LogP contribution is -2.40. The number of esters is 2. The minimum absolute atomic E-state index is 0.0142. The van der Waals surface area contributed by atoms with Gasteiger partial charge >= 0.3 is 28.0 Å². The number of nitrogen functional groups attached to an aromatic ring is 1. The number of nitrogens with one attached hydrogen (secondary N) is 2. The molecule has 5 fully saturated rings. The summed E-state index contributed by atoms with van der Waals surface area (Å²) in [5, 5.41) is 49.6. The lowest BCUT2D eigenvalue weighted by molar-refractivity contribution is -0.152. The topological polar surface area (TPSA) is 493 Å². The molecule has 0 bridgehead atoms. The van der Waals surface area contributed by atoms with Crippen LogP contribution in [0.5, 0.6) is 29.1 Å². The van der Waals surface area contributed by atoms with E-state index in [9.17, 15) is 39.1 Å². The Morgan fingerprint density at radius 3 is 1.04 bits per heavy atom. The highest BCUT2D eigenvalue weighted by Gasteiger charge is 2.57. The van der Waals surface area contributed by atoms with Crippen LogP contribution >= 0.6 is 50.9 Å². The highest BCUT2D eigenvalue weighted by Crippen LogP contribution is 2.51. The van der Waals surface area contributed by atoms with Gasteiger partial charge in [-0.25, -0.2) is 15.0 Å². The summed E-state index contributed by atoms with van der Waals surface area (Å²) in [5.74, 6) is 2.26. The number of ether oxygens (including phenoxy) is 10. The average Bonchev–Trinajstić information content (AvgIpc) is 1.72. The van der Waals surface area contributed by atoms with Crippen LogP contribution in [-0.4, -0.2) is 234 Å². The van der Waals surface area contributed by atoms with Crippen molar-refractivity contribution in [3.8, 4) is 29.1 Å². The van der Waals surface area contributed by atoms with Gasteiger partial charge in [-0.2, -0.15) is 29.9 Å². The van der Waals surface area contributed by atoms with E-state index in [4.69, 9.17) is 128 Å². The molecule has 0 radical (unpaired) electrons. The number of nitrogens with two attached hydrogens (primary N) is 3. The number of hydrogen-bond donors (Lipinski definition) is 9. The molecule has 2 unspecified atom stereocenters. The van der Waals surface area contributed by atoms with E-state index in [0.717, 1.165) is 70.6 Å². The maximum atomic E-state index is 11.6. The number of rotatable bonds is 32. The number of imidazole rings is 3. The summed E-state index contributed by atoms with van der Waals surface area (Å²) in [4.78, 5) is 59.5. The van der Waals surface area contributed by atoms with Crippen LogP contribution in [0.15, 0.2) is 189 Å². The van der Waals surface area contributed by atoms with Crippen molar-refractivity contribution in [2.24, 2.45) is 11.5 Å². The van der Waals surface area contributed by atoms with Crippen LogP contribution < -0.4 is 51.5 Å². The first-order chi connectivity index (χ1) is 67.7. The number of fused-ring (bicyclic) bond motifs is 3. The Labute approximate surface area is 834 Å². The van der Waals surface area contributed by atoms with Gasteiger partial charge in [0.25, 0.3) is 0 Å². The number of alkyl halides is 3. The van der Waals surface area contributed by atoms with Gasteiger partial charge in [0.2, 0.25) is 35.5 Å². The van der Waals surface area contributed by atoms with Gasteiger partial charge in [-0.05, 0) is 174 Å². The van der Waals surface area contributed by atoms with Crippen molar-refractivity contribution < 1.29 is 95.6 Å². The molecular formula is C99H124Cl3N17O20P2+2. The van der Waals surface area contributed by atoms with Crippen molar-refractivity contribution in [1.29, 1.82) is 0 Å². The molecule has 141 heavy (non-hydrogen) atoms. The highest BCUT2D eigenvalue weighted by atomic mass is 35.5. The Morgan fingerprint density at radius 1 is 0.461 bits per heavy atom. The second kappa shape index (κ2) is 48.3. The number of halogens is 3. The first kappa shape index (κ1) is 107. The molecular weight excluding hydrogens is 1920 g/mol. The van der Waals surface area contributed by atoms with Crippen LogP contribution in [-0.2, 0) is 62.5 Å². The molecule has 12 N–H and O–H groups in total. The summed E-state index contributed by atoms with van der Waals surface area (Å²) < 4.78 is 94.9. The summed E-state index contributed by atoms with van der Waals surface area (Å²) in [6.07, 6.45) is 7.75. The third-order valence-corrected chi connectivity index (χ3v) is 27.1. The van der Waals surface area contributed by atoms with Crippen molar-refractivity contribution in [2.45, 2.75) is 225 Å². The Bertz CT molecular complexity index is 6000. The lowest BCUT2D eigenvalue weighted by atomic mass is 9.77. The second-order valence-electron chi connectivity index (χ2n) is 35.0. The Balaban J connectivity index is 0.000000163. The number of aliphatic hydroxyl groups excluding tert-OH is 4. The number of aromatic nitrogens is 12. The van der Waals surface area contributed by atoms with Crippen LogP contribution in [0.3, 0.4) is 0 Å². The lowest BCUT2D eigenvalue weighted by Gasteiger charge is -2.37. The number of hydrogen-bond acceptors (Lipinski definition) is 34. The van der Waals surface area contributed by atoms with Crippen molar-refractivity contribution >= 4 is 114 Å². The third-order valence-electron chi connectivity index (χ3n) is 24.8. The SMILES string of the molecule is CCOc1nc(N)nc2c1ncn2[C@@H]1O[C@H](CO[P+](C)=O)[C@@H](O)[C@@]1(C)Cl.CCOc1nc(NC(c2ccccc2)(c2ccccc2)c2ccc(OC)cc2)nc2c1ncn2[C@@H]1O[C@H](CO)[C@@H](O)[C@@]1(C)Cl.CCOc1nc(NC(c2ccccc2)(c2ccccc2)c2ccc(OC)cc2)nc2c1ncn2[C@@H]1O[C@H](CO[P+](C)=O)[C@@H](O)[C@@]1(C)Cl.C[C@H](N)C(=O)OC1CCCCC1.C[C@H](N)C(=O)OC1CCCCC1. The Hall–Kier alpha value is -11.1. The molecule has 6 aromatic carbocycles. The fourth-order valence-corrected chi connectivity index (χ4v) is 19.2. The molecule has 754 valence electrons. The van der Waals surface area contributed by atoms with E-state index in [2.05, 4.69) is 84.1 Å². The van der Waals surface area contributed by atoms with Gasteiger partial charge in [0.05, 0.1) is 59.6 Å². The number of aliphatic hydroxyl groups is 4. The van der Waals surface area contributed by atoms with Crippen LogP contribution in [0.1, 0.15) is 172 Å². The number of anilines is 3. The van der Waals surface area contributed by atoms with E-state index in [1.165, 1.54) is 64.5 Å². The van der Waals surface area contributed by atoms with Crippen molar-refractivity contribution in [3.63, 3.8) is 0 Å². The maximum absolute atomic E-state index is 11.6. The normalized spacial score (nSPS) is 23.1. The summed E-state index contributed by atoms with van der Waals surface area (Å²) in [6.45, 7) is 17.2. The minimum atomic E-state index is -1.90. The van der Waals surface area contributed by atoms with Crippen LogP contribution in [0.2, 0.25) is 0 Å². The van der Waals surface area contributed by atoms with Gasteiger partial charge in [-0.1, -0.05) is 158 Å². The van der Waals surface area contributed by atoms with Crippen molar-refractivity contribution in [3.05, 3.63) is 222 Å². The van der Waals surface area contributed by atoms with Crippen LogP contribution in [0.4, 0.5) is 17.8 Å². The molecule has 0 spiro atoms. The fraction of sp³-hybridized carbons (Fsp3) is 0.465. The third kappa shape index (κ3) is 24.5. The fourth-order valence-electron chi connectivity index (χ4n) is 17.6. The van der Waals surface area contributed by atoms with Gasteiger partial charge in [0.15, 0.2) is 65.5 Å². The first-order valence-corrected chi connectivity index (χ1v) is 51.2. The average molecular weight is 2040 g/mol. The predicted octanol–water partition coefficient (Wildman–Crippen LogP) is 15.0. The molecule has 2 aliphatic carbocycles. The van der Waals surface area contributed by atoms with E-state index in [1.54, 1.807) is 68.9 Å². The van der Waals surface area contributed by atoms with E-state index in [-0.39, 0.29) is 72.8 Å². The maximum Gasteiger partial charge on any atom is 0.504 e. The van der Waals surface area contributed by atoms with Gasteiger partial charge in [0.1, 0.15) is 111 Å². The van der Waals surface area contributed by atoms with Crippen LogP contribution in [0.25, 0.3) is 33.5 Å². The molecule has 3 aliphatic heterocycles. The smallest absolute Gasteiger partial charge is 0.497 e. The summed E-state index contributed by atoms with van der Waals surface area (Å²) in [7, 11) is -0.450.